The lowest BCUT2D eigenvalue weighted by Crippen LogP contribution is -2.56. The van der Waals surface area contributed by atoms with E-state index in [4.69, 9.17) is 0 Å². The first-order chi connectivity index (χ1) is 12.9. The van der Waals surface area contributed by atoms with Crippen molar-refractivity contribution in [3.8, 4) is 0 Å². The zero-order valence-corrected chi connectivity index (χ0v) is 15.9. The molecule has 3 rings (SSSR count). The second-order valence-electron chi connectivity index (χ2n) is 7.71. The summed E-state index contributed by atoms with van der Waals surface area (Å²) >= 11 is 0. The van der Waals surface area contributed by atoms with Gasteiger partial charge in [-0.1, -0.05) is 31.5 Å². The van der Waals surface area contributed by atoms with Crippen molar-refractivity contribution in [2.75, 3.05) is 11.4 Å². The lowest BCUT2D eigenvalue weighted by Gasteiger charge is -2.37. The number of para-hydroxylation sites is 1. The Morgan fingerprint density at radius 2 is 1.93 bits per heavy atom. The summed E-state index contributed by atoms with van der Waals surface area (Å²) in [6.07, 6.45) is 4.89. The van der Waals surface area contributed by atoms with E-state index in [0.717, 1.165) is 36.9 Å². The Balaban J connectivity index is 1.62. The van der Waals surface area contributed by atoms with E-state index in [1.807, 2.05) is 24.3 Å². The average molecular weight is 372 g/mol. The highest BCUT2D eigenvalue weighted by atomic mass is 16.4. The van der Waals surface area contributed by atoms with E-state index < -0.39 is 11.5 Å². The lowest BCUT2D eigenvalue weighted by molar-refractivity contribution is -0.149. The van der Waals surface area contributed by atoms with Crippen LogP contribution in [0.1, 0.15) is 57.4 Å². The first kappa shape index (κ1) is 19.4. The Labute approximate surface area is 159 Å². The molecule has 0 atom stereocenters. The second-order valence-corrected chi connectivity index (χ2v) is 7.71. The smallest absolute Gasteiger partial charge is 0.329 e. The van der Waals surface area contributed by atoms with E-state index in [-0.39, 0.29) is 24.8 Å². The normalized spacial score (nSPS) is 25.0. The molecule has 0 saturated heterocycles. The number of benzene rings is 1. The number of carbonyl (C=O) groups is 3. The molecule has 2 amide bonds. The topological polar surface area (TPSA) is 86.7 Å². The first-order valence-corrected chi connectivity index (χ1v) is 9.88. The minimum atomic E-state index is -1.16. The summed E-state index contributed by atoms with van der Waals surface area (Å²) in [5.41, 5.74) is 0.808. The van der Waals surface area contributed by atoms with Crippen LogP contribution in [-0.2, 0) is 20.8 Å². The van der Waals surface area contributed by atoms with Gasteiger partial charge in [0, 0.05) is 25.1 Å². The van der Waals surface area contributed by atoms with Gasteiger partial charge in [0.15, 0.2) is 0 Å². The molecule has 1 aromatic rings. The van der Waals surface area contributed by atoms with Gasteiger partial charge in [0.2, 0.25) is 11.8 Å². The predicted molar refractivity (Wildman–Crippen MR) is 102 cm³/mol. The first-order valence-electron chi connectivity index (χ1n) is 9.88. The standard InChI is InChI=1S/C21H28N2O4/c1-2-15-9-12-21(13-10-15,20(26)27)22-18(24)11-14-23-17-6-4-3-5-16(17)7-8-19(23)25/h3-6,15H,2,7-14H2,1H3,(H,22,24)(H,26,27). The van der Waals surface area contributed by atoms with Crippen molar-refractivity contribution in [1.82, 2.24) is 5.32 Å². The highest BCUT2D eigenvalue weighted by Crippen LogP contribution is 2.34. The summed E-state index contributed by atoms with van der Waals surface area (Å²) in [5, 5.41) is 12.5. The lowest BCUT2D eigenvalue weighted by atomic mass is 9.75. The summed E-state index contributed by atoms with van der Waals surface area (Å²) in [5.74, 6) is -0.706. The number of nitrogens with one attached hydrogen (secondary N) is 1. The Hall–Kier alpha value is -2.37. The maximum Gasteiger partial charge on any atom is 0.329 e. The van der Waals surface area contributed by atoms with Crippen molar-refractivity contribution < 1.29 is 19.5 Å². The summed E-state index contributed by atoms with van der Waals surface area (Å²) < 4.78 is 0. The van der Waals surface area contributed by atoms with Crippen molar-refractivity contribution in [1.29, 1.82) is 0 Å². The number of carbonyl (C=O) groups excluding carboxylic acids is 2. The van der Waals surface area contributed by atoms with Gasteiger partial charge in [-0.2, -0.15) is 0 Å². The van der Waals surface area contributed by atoms with Gasteiger partial charge in [-0.15, -0.1) is 0 Å². The molecule has 1 fully saturated rings. The van der Waals surface area contributed by atoms with E-state index in [1.54, 1.807) is 4.90 Å². The van der Waals surface area contributed by atoms with Crippen molar-refractivity contribution in [3.63, 3.8) is 0 Å². The van der Waals surface area contributed by atoms with Crippen LogP contribution in [0.3, 0.4) is 0 Å². The number of amides is 2. The van der Waals surface area contributed by atoms with E-state index in [0.29, 0.717) is 25.2 Å². The number of rotatable bonds is 6. The van der Waals surface area contributed by atoms with Crippen LogP contribution >= 0.6 is 0 Å². The zero-order chi connectivity index (χ0) is 19.4. The number of aliphatic carboxylic acids is 1. The predicted octanol–water partition coefficient (Wildman–Crippen LogP) is 2.90. The van der Waals surface area contributed by atoms with Crippen molar-refractivity contribution >= 4 is 23.5 Å². The Kier molecular flexibility index (Phi) is 5.82. The molecule has 0 spiro atoms. The largest absolute Gasteiger partial charge is 0.480 e. The molecule has 2 N–H and O–H groups in total. The minimum absolute atomic E-state index is 0.0119. The molecule has 1 heterocycles. The maximum atomic E-state index is 12.5. The fraction of sp³-hybridized carbons (Fsp3) is 0.571. The van der Waals surface area contributed by atoms with Gasteiger partial charge in [-0.3, -0.25) is 9.59 Å². The summed E-state index contributed by atoms with van der Waals surface area (Å²) in [6.45, 7) is 2.39. The summed E-state index contributed by atoms with van der Waals surface area (Å²) in [4.78, 5) is 38.3. The molecule has 1 aromatic carbocycles. The number of carboxylic acids is 1. The number of fused-ring (bicyclic) bond motifs is 1. The van der Waals surface area contributed by atoms with E-state index >= 15 is 0 Å². The molecule has 0 unspecified atom stereocenters. The van der Waals surface area contributed by atoms with Gasteiger partial charge in [0.1, 0.15) is 5.54 Å². The highest BCUT2D eigenvalue weighted by Gasteiger charge is 2.42. The average Bonchev–Trinajstić information content (AvgIpc) is 2.67. The molecular weight excluding hydrogens is 344 g/mol. The third kappa shape index (κ3) is 4.15. The molecule has 1 aliphatic carbocycles. The Bertz CT molecular complexity index is 723. The van der Waals surface area contributed by atoms with Crippen LogP contribution in [-0.4, -0.2) is 35.0 Å². The fourth-order valence-corrected chi connectivity index (χ4v) is 4.26. The fourth-order valence-electron chi connectivity index (χ4n) is 4.26. The van der Waals surface area contributed by atoms with Crippen LogP contribution in [0, 0.1) is 5.92 Å². The monoisotopic (exact) mass is 372 g/mol. The molecule has 6 heteroatoms. The van der Waals surface area contributed by atoms with Crippen molar-refractivity contribution in [2.45, 2.75) is 63.8 Å². The molecule has 0 radical (unpaired) electrons. The molecule has 1 saturated carbocycles. The van der Waals surface area contributed by atoms with E-state index in [2.05, 4.69) is 12.2 Å². The van der Waals surface area contributed by atoms with Crippen LogP contribution in [0.25, 0.3) is 0 Å². The number of hydrogen-bond acceptors (Lipinski definition) is 3. The molecular formula is C21H28N2O4. The number of hydrogen-bond donors (Lipinski definition) is 2. The quantitative estimate of drug-likeness (QED) is 0.804. The number of carboxylic acid groups (broad SMARTS) is 1. The van der Waals surface area contributed by atoms with Crippen molar-refractivity contribution in [2.24, 2.45) is 5.92 Å². The van der Waals surface area contributed by atoms with Crippen LogP contribution in [0.5, 0.6) is 0 Å². The van der Waals surface area contributed by atoms with Crippen molar-refractivity contribution in [3.05, 3.63) is 29.8 Å². The van der Waals surface area contributed by atoms with Gasteiger partial charge in [0.25, 0.3) is 0 Å². The second kappa shape index (κ2) is 8.11. The highest BCUT2D eigenvalue weighted by molar-refractivity contribution is 5.97. The number of aryl methyl sites for hydroxylation is 1. The molecule has 0 bridgehead atoms. The Morgan fingerprint density at radius 1 is 1.22 bits per heavy atom. The summed E-state index contributed by atoms with van der Waals surface area (Å²) in [6, 6.07) is 7.73. The number of nitrogens with zero attached hydrogens (tertiary/aromatic N) is 1. The van der Waals surface area contributed by atoms with Crippen LogP contribution < -0.4 is 10.2 Å². The van der Waals surface area contributed by atoms with Crippen LogP contribution in [0.2, 0.25) is 0 Å². The molecule has 0 aromatic heterocycles. The third-order valence-corrected chi connectivity index (χ3v) is 6.08. The van der Waals surface area contributed by atoms with Gasteiger partial charge in [-0.25, -0.2) is 4.79 Å². The van der Waals surface area contributed by atoms with Gasteiger partial charge < -0.3 is 15.3 Å². The number of anilines is 1. The molecule has 6 nitrogen and oxygen atoms in total. The van der Waals surface area contributed by atoms with E-state index in [1.165, 1.54) is 0 Å². The summed E-state index contributed by atoms with van der Waals surface area (Å²) in [7, 11) is 0. The van der Waals surface area contributed by atoms with Gasteiger partial charge >= 0.3 is 5.97 Å². The molecule has 146 valence electrons. The Morgan fingerprint density at radius 3 is 2.59 bits per heavy atom. The van der Waals surface area contributed by atoms with Gasteiger partial charge in [0.05, 0.1) is 0 Å². The maximum absolute atomic E-state index is 12.5. The van der Waals surface area contributed by atoms with Crippen LogP contribution in [0.4, 0.5) is 5.69 Å². The molecule has 1 aliphatic heterocycles. The SMILES string of the molecule is CCC1CCC(NC(=O)CCN2C(=O)CCc3ccccc32)(C(=O)O)CC1. The third-order valence-electron chi connectivity index (χ3n) is 6.08. The zero-order valence-electron chi connectivity index (χ0n) is 15.9. The van der Waals surface area contributed by atoms with Crippen LogP contribution in [0.15, 0.2) is 24.3 Å². The van der Waals surface area contributed by atoms with E-state index in [9.17, 15) is 19.5 Å². The molecule has 27 heavy (non-hydrogen) atoms. The molecule has 2 aliphatic rings. The van der Waals surface area contributed by atoms with Gasteiger partial charge in [-0.05, 0) is 49.7 Å². The minimum Gasteiger partial charge on any atom is -0.480 e.